The van der Waals surface area contributed by atoms with Crippen LogP contribution in [0.2, 0.25) is 0 Å². The molecule has 1 fully saturated rings. The molecule has 14 rings (SSSR count). The Morgan fingerprint density at radius 2 is 0.782 bits per heavy atom. The number of rotatable bonds is 22. The fraction of sp³-hybridized carbons (Fsp3) is 0.298. The summed E-state index contributed by atoms with van der Waals surface area (Å²) in [6, 6.07) is 51.8. The quantitative estimate of drug-likeness (QED) is 0.0281. The first kappa shape index (κ1) is 89.2. The van der Waals surface area contributed by atoms with Crippen LogP contribution >= 0.6 is 0 Å². The van der Waals surface area contributed by atoms with E-state index in [0.29, 0.717) is 103 Å². The molecule has 7 heterocycles. The van der Waals surface area contributed by atoms with E-state index in [9.17, 15) is 43.2 Å². The van der Waals surface area contributed by atoms with Crippen molar-refractivity contribution in [1.82, 2.24) is 44.9 Å². The van der Waals surface area contributed by atoms with Crippen LogP contribution in [-0.4, -0.2) is 242 Å². The van der Waals surface area contributed by atoms with Crippen molar-refractivity contribution in [1.29, 1.82) is 0 Å². The Morgan fingerprint density at radius 3 is 1.19 bits per heavy atom. The number of amides is 12. The fourth-order valence-electron chi connectivity index (χ4n) is 15.5. The molecule has 644 valence electrons. The SMILES string of the molecule is C=CC(=O)Nc1ccc(C(=O)Nc2cccc(NC3=NCC4=C3CN(C(=O)N3CCN(C)CC3)C4(C)C)c2)cc1.C=CC(=O)Nc1ccc(C(=O)Nc2cccc(NC3=NCC4=C3CN(C(=O)NCCN(C)C)C4(C)C)c2)cc1.C=CC(=O)Nc1cccc(C(=O)Nc2cccc(NC3=NCC4=C3CN(C(=O)N[C@H](CN(C)C)c3ccccc3)C4(C)C)c2)c1. The number of carbonyl (C=O) groups excluding carboxylic acids is 9. The maximum absolute atomic E-state index is 13.7. The van der Waals surface area contributed by atoms with Crippen molar-refractivity contribution >= 4 is 122 Å². The van der Waals surface area contributed by atoms with Crippen molar-refractivity contribution in [3.05, 3.63) is 270 Å². The molecule has 1 atom stereocenters. The van der Waals surface area contributed by atoms with Gasteiger partial charge in [0.2, 0.25) is 17.7 Å². The number of anilines is 9. The van der Waals surface area contributed by atoms with Crippen LogP contribution in [0.15, 0.2) is 262 Å². The Kier molecular flexibility index (Phi) is 28.2. The van der Waals surface area contributed by atoms with Crippen molar-refractivity contribution < 1.29 is 43.2 Å². The zero-order valence-corrected chi connectivity index (χ0v) is 72.0. The molecule has 7 aromatic carbocycles. The van der Waals surface area contributed by atoms with Crippen molar-refractivity contribution in [3.63, 3.8) is 0 Å². The summed E-state index contributed by atoms with van der Waals surface area (Å²) in [5.74, 6) is 0.384. The van der Waals surface area contributed by atoms with Crippen molar-refractivity contribution in [3.8, 4) is 0 Å². The number of aliphatic imine (C=N–C) groups is 3. The van der Waals surface area contributed by atoms with Gasteiger partial charge in [-0.25, -0.2) is 14.4 Å². The molecule has 0 aromatic heterocycles. The van der Waals surface area contributed by atoms with E-state index >= 15 is 0 Å². The molecule has 0 spiro atoms. The van der Waals surface area contributed by atoms with Gasteiger partial charge in [0.15, 0.2) is 0 Å². The highest BCUT2D eigenvalue weighted by Crippen LogP contribution is 2.42. The summed E-state index contributed by atoms with van der Waals surface area (Å²) in [4.78, 5) is 141. The van der Waals surface area contributed by atoms with Crippen molar-refractivity contribution in [2.75, 3.05) is 168 Å². The molecule has 7 aromatic rings. The Hall–Kier alpha value is -14.1. The lowest BCUT2D eigenvalue weighted by atomic mass is 9.94. The molecule has 11 N–H and O–H groups in total. The third-order valence-corrected chi connectivity index (χ3v) is 22.6. The number of nitrogens with one attached hydrogen (secondary N) is 11. The number of likely N-dealkylation sites (N-methyl/N-ethyl adjacent to an activating group) is 3. The average Bonchev–Trinajstić information content (AvgIpc) is 1.59. The predicted molar refractivity (Wildman–Crippen MR) is 493 cm³/mol. The topological polar surface area (TPSA) is 346 Å². The van der Waals surface area contributed by atoms with Gasteiger partial charge in [-0.1, -0.05) is 74.3 Å². The van der Waals surface area contributed by atoms with E-state index in [4.69, 9.17) is 15.0 Å². The number of amidine groups is 3. The summed E-state index contributed by atoms with van der Waals surface area (Å²) < 4.78 is 0. The fourth-order valence-corrected chi connectivity index (χ4v) is 15.5. The lowest BCUT2D eigenvalue weighted by Gasteiger charge is -2.40. The van der Waals surface area contributed by atoms with Gasteiger partial charge in [0, 0.05) is 130 Å². The summed E-state index contributed by atoms with van der Waals surface area (Å²) >= 11 is 0. The lowest BCUT2D eigenvalue weighted by Crippen LogP contribution is -2.56. The van der Waals surface area contributed by atoms with Gasteiger partial charge in [-0.15, -0.1) is 0 Å². The molecule has 124 heavy (non-hydrogen) atoms. The van der Waals surface area contributed by atoms with E-state index in [2.05, 4.69) is 137 Å². The molecule has 7 aliphatic heterocycles. The monoisotopic (exact) mass is 1680 g/mol. The van der Waals surface area contributed by atoms with Crippen LogP contribution in [0.1, 0.15) is 84.2 Å². The van der Waals surface area contributed by atoms with Crippen molar-refractivity contribution in [2.24, 2.45) is 15.0 Å². The average molecular weight is 1680 g/mol. The molecule has 0 aliphatic carbocycles. The van der Waals surface area contributed by atoms with Gasteiger partial charge in [0.1, 0.15) is 17.5 Å². The zero-order valence-electron chi connectivity index (χ0n) is 72.0. The Balaban J connectivity index is 0.000000170. The number of urea groups is 3. The van der Waals surface area contributed by atoms with Gasteiger partial charge < -0.3 is 92.8 Å². The minimum atomic E-state index is -0.513. The van der Waals surface area contributed by atoms with Gasteiger partial charge in [-0.05, 0) is 239 Å². The minimum Gasteiger partial charge on any atom is -0.340 e. The molecule has 30 nitrogen and oxygen atoms in total. The number of nitrogens with zero attached hydrogens (tertiary/aromatic N) is 10. The molecule has 0 radical (unpaired) electrons. The Morgan fingerprint density at radius 1 is 0.411 bits per heavy atom. The van der Waals surface area contributed by atoms with E-state index in [1.165, 1.54) is 18.2 Å². The van der Waals surface area contributed by atoms with Crippen LogP contribution in [0.3, 0.4) is 0 Å². The van der Waals surface area contributed by atoms with E-state index in [0.717, 1.165) is 106 Å². The van der Waals surface area contributed by atoms with Gasteiger partial charge in [0.25, 0.3) is 17.7 Å². The molecule has 0 unspecified atom stereocenters. The van der Waals surface area contributed by atoms with E-state index in [1.807, 2.05) is 144 Å². The smallest absolute Gasteiger partial charge is 0.321 e. The summed E-state index contributed by atoms with van der Waals surface area (Å²) in [6.45, 7) is 31.0. The molecule has 7 aliphatic rings. The third-order valence-electron chi connectivity index (χ3n) is 22.6. The molecule has 12 amide bonds. The highest BCUT2D eigenvalue weighted by Gasteiger charge is 2.49. The highest BCUT2D eigenvalue weighted by atomic mass is 16.2. The second-order valence-electron chi connectivity index (χ2n) is 32.9. The van der Waals surface area contributed by atoms with Crippen molar-refractivity contribution in [2.45, 2.75) is 64.2 Å². The highest BCUT2D eigenvalue weighted by molar-refractivity contribution is 6.15. The van der Waals surface area contributed by atoms with Crippen LogP contribution in [0, 0.1) is 0 Å². The maximum Gasteiger partial charge on any atom is 0.321 e. The molecule has 30 heteroatoms. The molecular weight excluding hydrogens is 1570 g/mol. The molecule has 0 bridgehead atoms. The van der Waals surface area contributed by atoms with Crippen LogP contribution in [0.5, 0.6) is 0 Å². The van der Waals surface area contributed by atoms with Crippen LogP contribution in [0.25, 0.3) is 0 Å². The summed E-state index contributed by atoms with van der Waals surface area (Å²) in [7, 11) is 10.0. The van der Waals surface area contributed by atoms with Gasteiger partial charge >= 0.3 is 18.1 Å². The summed E-state index contributed by atoms with van der Waals surface area (Å²) in [5.41, 5.74) is 13.3. The molecule has 1 saturated heterocycles. The predicted octanol–water partition coefficient (Wildman–Crippen LogP) is 12.5. The largest absolute Gasteiger partial charge is 0.340 e. The number of piperazine rings is 1. The number of hydrogen-bond donors (Lipinski definition) is 11. The van der Waals surface area contributed by atoms with Crippen LogP contribution < -0.4 is 58.5 Å². The van der Waals surface area contributed by atoms with E-state index in [1.54, 1.807) is 84.9 Å². The maximum atomic E-state index is 13.7. The van der Waals surface area contributed by atoms with Gasteiger partial charge in [-0.3, -0.25) is 43.7 Å². The number of benzene rings is 7. The molecular formula is C94H109N21O9. The van der Waals surface area contributed by atoms with Gasteiger partial charge in [-0.2, -0.15) is 0 Å². The van der Waals surface area contributed by atoms with Gasteiger partial charge in [0.05, 0.1) is 61.9 Å². The van der Waals surface area contributed by atoms with Crippen LogP contribution in [0.4, 0.5) is 65.6 Å². The second-order valence-corrected chi connectivity index (χ2v) is 32.9. The Labute approximate surface area is 723 Å². The summed E-state index contributed by atoms with van der Waals surface area (Å²) in [6.07, 6.45) is 3.55. The first-order valence-electron chi connectivity index (χ1n) is 41.0. The third kappa shape index (κ3) is 21.6. The number of hydrogen-bond acceptors (Lipinski definition) is 18. The normalized spacial score (nSPS) is 16.4. The van der Waals surface area contributed by atoms with E-state index < -0.39 is 16.6 Å². The molecule has 0 saturated carbocycles. The first-order valence-corrected chi connectivity index (χ1v) is 41.0. The zero-order chi connectivity index (χ0) is 88.7. The lowest BCUT2D eigenvalue weighted by molar-refractivity contribution is -0.112. The van der Waals surface area contributed by atoms with Crippen LogP contribution in [-0.2, 0) is 14.4 Å². The minimum absolute atomic E-state index is 0.0766. The standard InChI is InChI=1S/C35H39N7O3.C30H35N7O3.C29H35N7O3/c1-6-31(43)37-25-15-10-14-24(18-25)33(44)39-27-17-11-16-26(19-27)38-32-28-21-42(35(2,3)29(28)20-36-32)34(45)40-30(22-41(4)5)23-12-8-7-9-13-23;1-5-26(38)32-21-11-9-20(10-12-21)28(39)34-23-8-6-7-22(17-23)33-27-24-19-37(30(2,3)25(24)18-31-27)29(40)36-15-13-35(4)14-16-36;1-6-25(37)32-20-12-10-19(11-13-20)27(38)34-22-9-7-8-21(16-22)33-26-23-18-36(28(39)30-14-15-35(4)5)29(2,3)24(23)17-31-26/h6-19,30H,1,20-22H2,2-5H3,(H,36,38)(H,37,43)(H,39,44)(H,40,45);5-12,17H,1,13-16,18-19H2,2-4H3,(H,31,33)(H,32,38)(H,34,39);6-13,16H,1,14-15,17-18H2,2-5H3,(H,30,39)(H,31,33)(H,32,37)(H,34,38)/t30-;;/m1../s1. The summed E-state index contributed by atoms with van der Waals surface area (Å²) in [5, 5.41) is 33.2. The second kappa shape index (κ2) is 39.2. The van der Waals surface area contributed by atoms with E-state index in [-0.39, 0.29) is 59.6 Å². The number of carbonyl (C=O) groups is 9. The first-order chi connectivity index (χ1) is 59.3. The Bertz CT molecular complexity index is 5480.